The Morgan fingerprint density at radius 2 is 2.11 bits per heavy atom. The highest BCUT2D eigenvalue weighted by Crippen LogP contribution is 2.31. The Bertz CT molecular complexity index is 578. The third kappa shape index (κ3) is 2.67. The molecule has 19 heavy (non-hydrogen) atoms. The molecular weight excluding hydrogens is 260 g/mol. The van der Waals surface area contributed by atoms with Crippen LogP contribution < -0.4 is 0 Å². The summed E-state index contributed by atoms with van der Waals surface area (Å²) in [5.74, 6) is 0. The molecule has 0 saturated heterocycles. The SMILES string of the molecule is CCCn1ncc(Cl)c1C(O)c1cccc(C)c1C. The van der Waals surface area contributed by atoms with Gasteiger partial charge in [0.25, 0.3) is 0 Å². The molecule has 0 bridgehead atoms. The van der Waals surface area contributed by atoms with Crippen molar-refractivity contribution in [2.75, 3.05) is 0 Å². The first kappa shape index (κ1) is 14.1. The van der Waals surface area contributed by atoms with Gasteiger partial charge in [-0.2, -0.15) is 5.10 Å². The molecular formula is C15H19ClN2O. The second-order valence-corrected chi connectivity index (χ2v) is 5.20. The molecule has 0 fully saturated rings. The van der Waals surface area contributed by atoms with Crippen molar-refractivity contribution < 1.29 is 5.11 Å². The molecule has 0 aliphatic rings. The molecule has 2 aromatic rings. The molecule has 0 spiro atoms. The molecule has 1 aromatic heterocycles. The number of hydrogen-bond acceptors (Lipinski definition) is 2. The van der Waals surface area contributed by atoms with Crippen molar-refractivity contribution in [1.82, 2.24) is 9.78 Å². The van der Waals surface area contributed by atoms with E-state index in [0.29, 0.717) is 10.7 Å². The number of aliphatic hydroxyl groups is 1. The van der Waals surface area contributed by atoms with Crippen LogP contribution in [0.4, 0.5) is 0 Å². The molecule has 1 aromatic carbocycles. The van der Waals surface area contributed by atoms with E-state index < -0.39 is 6.10 Å². The van der Waals surface area contributed by atoms with Gasteiger partial charge in [0, 0.05) is 6.54 Å². The Kier molecular flexibility index (Phi) is 4.27. The van der Waals surface area contributed by atoms with Gasteiger partial charge in [0.15, 0.2) is 0 Å². The summed E-state index contributed by atoms with van der Waals surface area (Å²) in [6.45, 7) is 6.88. The highest BCUT2D eigenvalue weighted by Gasteiger charge is 2.21. The van der Waals surface area contributed by atoms with Crippen molar-refractivity contribution in [3.8, 4) is 0 Å². The summed E-state index contributed by atoms with van der Waals surface area (Å²) in [6.07, 6.45) is 1.81. The summed E-state index contributed by atoms with van der Waals surface area (Å²) in [6, 6.07) is 5.93. The number of hydrogen-bond donors (Lipinski definition) is 1. The highest BCUT2D eigenvalue weighted by atomic mass is 35.5. The summed E-state index contributed by atoms with van der Waals surface area (Å²) >= 11 is 6.17. The Hall–Kier alpha value is -1.32. The third-order valence-corrected chi connectivity index (χ3v) is 3.76. The van der Waals surface area contributed by atoms with Gasteiger partial charge in [0.1, 0.15) is 6.10 Å². The Morgan fingerprint density at radius 1 is 1.37 bits per heavy atom. The predicted octanol–water partition coefficient (Wildman–Crippen LogP) is 3.65. The lowest BCUT2D eigenvalue weighted by molar-refractivity contribution is 0.206. The molecule has 1 atom stereocenters. The van der Waals surface area contributed by atoms with Gasteiger partial charge in [0.05, 0.1) is 16.9 Å². The maximum Gasteiger partial charge on any atom is 0.122 e. The minimum atomic E-state index is -0.735. The van der Waals surface area contributed by atoms with Crippen LogP contribution in [-0.2, 0) is 6.54 Å². The van der Waals surface area contributed by atoms with E-state index in [4.69, 9.17) is 11.6 Å². The molecule has 102 valence electrons. The first-order chi connectivity index (χ1) is 9.06. The highest BCUT2D eigenvalue weighted by molar-refractivity contribution is 6.31. The van der Waals surface area contributed by atoms with E-state index in [9.17, 15) is 5.11 Å². The van der Waals surface area contributed by atoms with Gasteiger partial charge in [-0.3, -0.25) is 4.68 Å². The lowest BCUT2D eigenvalue weighted by atomic mass is 9.97. The summed E-state index contributed by atoms with van der Waals surface area (Å²) in [5, 5.41) is 15.4. The van der Waals surface area contributed by atoms with Gasteiger partial charge in [-0.1, -0.05) is 36.7 Å². The standard InChI is InChI=1S/C15H19ClN2O/c1-4-8-18-14(13(16)9-17-18)15(19)12-7-5-6-10(2)11(12)3/h5-7,9,15,19H,4,8H2,1-3H3. The summed E-state index contributed by atoms with van der Waals surface area (Å²) in [4.78, 5) is 0. The van der Waals surface area contributed by atoms with Crippen molar-refractivity contribution in [1.29, 1.82) is 0 Å². The van der Waals surface area contributed by atoms with Gasteiger partial charge in [-0.15, -0.1) is 0 Å². The average molecular weight is 279 g/mol. The van der Waals surface area contributed by atoms with E-state index in [0.717, 1.165) is 29.7 Å². The first-order valence-corrected chi connectivity index (χ1v) is 6.89. The van der Waals surface area contributed by atoms with Gasteiger partial charge in [0.2, 0.25) is 0 Å². The third-order valence-electron chi connectivity index (χ3n) is 3.47. The number of aryl methyl sites for hydroxylation is 2. The van der Waals surface area contributed by atoms with Crippen LogP contribution in [0.5, 0.6) is 0 Å². The quantitative estimate of drug-likeness (QED) is 0.927. The molecule has 3 nitrogen and oxygen atoms in total. The maximum atomic E-state index is 10.6. The number of aromatic nitrogens is 2. The average Bonchev–Trinajstić information content (AvgIpc) is 2.74. The van der Waals surface area contributed by atoms with Crippen LogP contribution >= 0.6 is 11.6 Å². The zero-order chi connectivity index (χ0) is 14.0. The molecule has 0 radical (unpaired) electrons. The largest absolute Gasteiger partial charge is 0.382 e. The van der Waals surface area contributed by atoms with Gasteiger partial charge < -0.3 is 5.11 Å². The van der Waals surface area contributed by atoms with Crippen molar-refractivity contribution >= 4 is 11.6 Å². The molecule has 0 saturated carbocycles. The van der Waals surface area contributed by atoms with E-state index in [1.54, 1.807) is 10.9 Å². The van der Waals surface area contributed by atoms with Crippen LogP contribution in [0.1, 0.15) is 41.8 Å². The van der Waals surface area contributed by atoms with Gasteiger partial charge in [-0.05, 0) is 37.0 Å². The molecule has 1 heterocycles. The second-order valence-electron chi connectivity index (χ2n) is 4.79. The van der Waals surface area contributed by atoms with Crippen LogP contribution in [0.15, 0.2) is 24.4 Å². The lowest BCUT2D eigenvalue weighted by Gasteiger charge is -2.17. The Balaban J connectivity index is 2.46. The lowest BCUT2D eigenvalue weighted by Crippen LogP contribution is -2.12. The fourth-order valence-electron chi connectivity index (χ4n) is 2.25. The van der Waals surface area contributed by atoms with Crippen LogP contribution in [-0.4, -0.2) is 14.9 Å². The Labute approximate surface area is 118 Å². The summed E-state index contributed by atoms with van der Waals surface area (Å²) < 4.78 is 1.79. The number of aliphatic hydroxyl groups excluding tert-OH is 1. The topological polar surface area (TPSA) is 38.0 Å². The minimum Gasteiger partial charge on any atom is -0.382 e. The number of nitrogens with zero attached hydrogens (tertiary/aromatic N) is 2. The first-order valence-electron chi connectivity index (χ1n) is 6.51. The molecule has 0 amide bonds. The van der Waals surface area contributed by atoms with Gasteiger partial charge in [-0.25, -0.2) is 0 Å². The summed E-state index contributed by atoms with van der Waals surface area (Å²) in [5.41, 5.74) is 3.82. The normalized spacial score (nSPS) is 12.7. The predicted molar refractivity (Wildman–Crippen MR) is 77.5 cm³/mol. The number of benzene rings is 1. The van der Waals surface area contributed by atoms with E-state index in [1.165, 1.54) is 0 Å². The van der Waals surface area contributed by atoms with Crippen molar-refractivity contribution in [2.45, 2.75) is 39.8 Å². The van der Waals surface area contributed by atoms with Crippen molar-refractivity contribution in [3.05, 3.63) is 51.8 Å². The van der Waals surface area contributed by atoms with Crippen LogP contribution in [0, 0.1) is 13.8 Å². The second kappa shape index (κ2) is 5.76. The fraction of sp³-hybridized carbons (Fsp3) is 0.400. The zero-order valence-electron chi connectivity index (χ0n) is 11.5. The van der Waals surface area contributed by atoms with Crippen molar-refractivity contribution in [2.24, 2.45) is 0 Å². The molecule has 0 aliphatic carbocycles. The van der Waals surface area contributed by atoms with Crippen molar-refractivity contribution in [3.63, 3.8) is 0 Å². The Morgan fingerprint density at radius 3 is 2.79 bits per heavy atom. The molecule has 4 heteroatoms. The minimum absolute atomic E-state index is 0.516. The smallest absolute Gasteiger partial charge is 0.122 e. The zero-order valence-corrected chi connectivity index (χ0v) is 12.3. The monoisotopic (exact) mass is 278 g/mol. The van der Waals surface area contributed by atoms with Crippen LogP contribution in [0.25, 0.3) is 0 Å². The number of halogens is 1. The molecule has 2 rings (SSSR count). The van der Waals surface area contributed by atoms with Crippen LogP contribution in [0.3, 0.4) is 0 Å². The number of rotatable bonds is 4. The van der Waals surface area contributed by atoms with E-state index in [1.807, 2.05) is 32.0 Å². The van der Waals surface area contributed by atoms with Crippen LogP contribution in [0.2, 0.25) is 5.02 Å². The molecule has 1 N–H and O–H groups in total. The molecule has 1 unspecified atom stereocenters. The van der Waals surface area contributed by atoms with E-state index in [2.05, 4.69) is 12.0 Å². The fourth-order valence-corrected chi connectivity index (χ4v) is 2.50. The summed E-state index contributed by atoms with van der Waals surface area (Å²) in [7, 11) is 0. The van der Waals surface area contributed by atoms with E-state index >= 15 is 0 Å². The maximum absolute atomic E-state index is 10.6. The van der Waals surface area contributed by atoms with Gasteiger partial charge >= 0.3 is 0 Å². The molecule has 0 aliphatic heterocycles. The van der Waals surface area contributed by atoms with E-state index in [-0.39, 0.29) is 0 Å².